The molecule has 6 heteroatoms. The highest BCUT2D eigenvalue weighted by atomic mass is 19.4. The van der Waals surface area contributed by atoms with Crippen LogP contribution in [0.5, 0.6) is 0 Å². The van der Waals surface area contributed by atoms with Crippen molar-refractivity contribution < 1.29 is 23.1 Å². The molecule has 0 amide bonds. The summed E-state index contributed by atoms with van der Waals surface area (Å²) < 4.78 is 38.0. The summed E-state index contributed by atoms with van der Waals surface area (Å²) >= 11 is 0. The van der Waals surface area contributed by atoms with E-state index in [0.717, 1.165) is 6.07 Å². The number of carboxylic acid groups (broad SMARTS) is 1. The van der Waals surface area contributed by atoms with Crippen LogP contribution in [0.2, 0.25) is 0 Å². The van der Waals surface area contributed by atoms with E-state index in [4.69, 9.17) is 5.11 Å². The first-order valence-electron chi connectivity index (χ1n) is 5.99. The van der Waals surface area contributed by atoms with Crippen LogP contribution in [0.25, 0.3) is 0 Å². The molecule has 1 aromatic carbocycles. The van der Waals surface area contributed by atoms with E-state index in [1.54, 1.807) is 6.07 Å². The van der Waals surface area contributed by atoms with Crippen molar-refractivity contribution in [1.82, 2.24) is 5.32 Å². The zero-order chi connectivity index (χ0) is 14.3. The van der Waals surface area contributed by atoms with E-state index < -0.39 is 17.7 Å². The molecule has 0 fully saturated rings. The van der Waals surface area contributed by atoms with Gasteiger partial charge in [0.15, 0.2) is 0 Å². The van der Waals surface area contributed by atoms with Crippen molar-refractivity contribution in [2.75, 3.05) is 6.54 Å². The number of hydrogen-bond acceptors (Lipinski definition) is 2. The van der Waals surface area contributed by atoms with Gasteiger partial charge >= 0.3 is 12.1 Å². The number of unbranched alkanes of at least 4 members (excludes halogenated alkanes) is 1. The van der Waals surface area contributed by atoms with Crippen molar-refractivity contribution in [3.05, 3.63) is 35.4 Å². The quantitative estimate of drug-likeness (QED) is 0.752. The smallest absolute Gasteiger partial charge is 0.416 e. The van der Waals surface area contributed by atoms with Crippen molar-refractivity contribution in [3.8, 4) is 0 Å². The van der Waals surface area contributed by atoms with E-state index in [0.29, 0.717) is 19.4 Å². The number of aliphatic carboxylic acids is 1. The molecule has 1 rings (SSSR count). The fourth-order valence-electron chi connectivity index (χ4n) is 1.70. The Morgan fingerprint density at radius 1 is 1.21 bits per heavy atom. The van der Waals surface area contributed by atoms with Crippen molar-refractivity contribution in [2.24, 2.45) is 0 Å². The van der Waals surface area contributed by atoms with Gasteiger partial charge in [-0.25, -0.2) is 0 Å². The van der Waals surface area contributed by atoms with Crippen LogP contribution in [0.1, 0.15) is 30.4 Å². The number of carboxylic acids is 1. The van der Waals surface area contributed by atoms with Crippen LogP contribution in [0.4, 0.5) is 13.2 Å². The Kier molecular flexibility index (Phi) is 5.82. The average Bonchev–Trinajstić information content (AvgIpc) is 2.32. The van der Waals surface area contributed by atoms with E-state index in [9.17, 15) is 18.0 Å². The van der Waals surface area contributed by atoms with Crippen LogP contribution in [0, 0.1) is 0 Å². The first-order chi connectivity index (χ1) is 8.91. The zero-order valence-corrected chi connectivity index (χ0v) is 10.3. The van der Waals surface area contributed by atoms with Crippen LogP contribution in [0.3, 0.4) is 0 Å². The fourth-order valence-corrected chi connectivity index (χ4v) is 1.70. The van der Waals surface area contributed by atoms with Gasteiger partial charge < -0.3 is 10.4 Å². The number of hydrogen-bond donors (Lipinski definition) is 2. The highest BCUT2D eigenvalue weighted by Crippen LogP contribution is 2.31. The molecule has 0 saturated heterocycles. The third kappa shape index (κ3) is 5.74. The molecular weight excluding hydrogens is 259 g/mol. The molecule has 0 atom stereocenters. The van der Waals surface area contributed by atoms with Gasteiger partial charge in [0, 0.05) is 13.0 Å². The zero-order valence-electron chi connectivity index (χ0n) is 10.3. The largest absolute Gasteiger partial charge is 0.481 e. The number of halogens is 3. The molecule has 0 unspecified atom stereocenters. The monoisotopic (exact) mass is 275 g/mol. The maximum Gasteiger partial charge on any atom is 0.416 e. The molecule has 0 radical (unpaired) electrons. The van der Waals surface area contributed by atoms with Gasteiger partial charge in [-0.05, 0) is 31.0 Å². The number of nitrogens with one attached hydrogen (secondary N) is 1. The summed E-state index contributed by atoms with van der Waals surface area (Å²) in [6.45, 7) is 0.627. The molecule has 0 heterocycles. The molecule has 0 aliphatic rings. The molecule has 0 aliphatic heterocycles. The predicted molar refractivity (Wildman–Crippen MR) is 64.6 cm³/mol. The summed E-state index contributed by atoms with van der Waals surface area (Å²) in [5.41, 5.74) is -0.429. The van der Waals surface area contributed by atoms with Gasteiger partial charge in [0.05, 0.1) is 5.56 Å². The topological polar surface area (TPSA) is 49.3 Å². The average molecular weight is 275 g/mol. The van der Waals surface area contributed by atoms with Crippen LogP contribution < -0.4 is 5.32 Å². The second-order valence-corrected chi connectivity index (χ2v) is 4.18. The Bertz CT molecular complexity index is 419. The fraction of sp³-hybridized carbons (Fsp3) is 0.462. The van der Waals surface area contributed by atoms with Gasteiger partial charge in [-0.2, -0.15) is 13.2 Å². The van der Waals surface area contributed by atoms with E-state index in [1.807, 2.05) is 0 Å². The maximum atomic E-state index is 12.7. The van der Waals surface area contributed by atoms with Crippen LogP contribution >= 0.6 is 0 Å². The lowest BCUT2D eigenvalue weighted by atomic mass is 10.1. The van der Waals surface area contributed by atoms with Crippen LogP contribution in [0.15, 0.2) is 24.3 Å². The lowest BCUT2D eigenvalue weighted by Gasteiger charge is -2.13. The first-order valence-corrected chi connectivity index (χ1v) is 5.99. The van der Waals surface area contributed by atoms with Gasteiger partial charge in [0.25, 0.3) is 0 Å². The molecule has 0 aliphatic carbocycles. The van der Waals surface area contributed by atoms with Gasteiger partial charge in [-0.3, -0.25) is 4.79 Å². The molecule has 0 spiro atoms. The standard InChI is InChI=1S/C13H16F3NO2/c14-13(15,16)11-6-2-1-5-10(11)9-17-8-4-3-7-12(18)19/h1-2,5-6,17H,3-4,7-9H2,(H,18,19). The summed E-state index contributed by atoms with van der Waals surface area (Å²) in [5.74, 6) is -0.859. The minimum Gasteiger partial charge on any atom is -0.481 e. The highest BCUT2D eigenvalue weighted by Gasteiger charge is 2.32. The predicted octanol–water partition coefficient (Wildman–Crippen LogP) is 3.05. The molecule has 3 nitrogen and oxygen atoms in total. The number of carbonyl (C=O) groups is 1. The van der Waals surface area contributed by atoms with E-state index in [1.165, 1.54) is 12.1 Å². The SMILES string of the molecule is O=C(O)CCCCNCc1ccccc1C(F)(F)F. The highest BCUT2D eigenvalue weighted by molar-refractivity contribution is 5.66. The summed E-state index contributed by atoms with van der Waals surface area (Å²) in [7, 11) is 0. The second kappa shape index (κ2) is 7.13. The normalized spacial score (nSPS) is 11.5. The maximum absolute atomic E-state index is 12.7. The summed E-state index contributed by atoms with van der Waals surface area (Å²) in [6, 6.07) is 5.42. The molecule has 106 valence electrons. The number of benzene rings is 1. The Labute approximate surface area is 109 Å². The number of alkyl halides is 3. The summed E-state index contributed by atoms with van der Waals surface area (Å²) in [4.78, 5) is 10.3. The molecular formula is C13H16F3NO2. The van der Waals surface area contributed by atoms with Gasteiger partial charge in [0.2, 0.25) is 0 Å². The van der Waals surface area contributed by atoms with Crippen molar-refractivity contribution >= 4 is 5.97 Å². The Balaban J connectivity index is 2.39. The lowest BCUT2D eigenvalue weighted by molar-refractivity contribution is -0.138. The van der Waals surface area contributed by atoms with Gasteiger partial charge in [0.1, 0.15) is 0 Å². The van der Waals surface area contributed by atoms with Gasteiger partial charge in [-0.15, -0.1) is 0 Å². The molecule has 19 heavy (non-hydrogen) atoms. The molecule has 1 aromatic rings. The lowest BCUT2D eigenvalue weighted by Crippen LogP contribution is -2.18. The Morgan fingerprint density at radius 3 is 2.53 bits per heavy atom. The van der Waals surface area contributed by atoms with Gasteiger partial charge in [-0.1, -0.05) is 18.2 Å². The summed E-state index contributed by atoms with van der Waals surface area (Å²) in [6.07, 6.45) is -3.12. The second-order valence-electron chi connectivity index (χ2n) is 4.18. The van der Waals surface area contributed by atoms with E-state index >= 15 is 0 Å². The third-order valence-electron chi connectivity index (χ3n) is 2.63. The van der Waals surface area contributed by atoms with Crippen LogP contribution in [-0.2, 0) is 17.5 Å². The summed E-state index contributed by atoms with van der Waals surface area (Å²) in [5, 5.41) is 11.3. The molecule has 0 saturated carbocycles. The number of rotatable bonds is 7. The Hall–Kier alpha value is -1.56. The van der Waals surface area contributed by atoms with Crippen molar-refractivity contribution in [2.45, 2.75) is 32.0 Å². The molecule has 2 N–H and O–H groups in total. The minimum atomic E-state index is -4.35. The molecule has 0 bridgehead atoms. The Morgan fingerprint density at radius 2 is 1.89 bits per heavy atom. The van der Waals surface area contributed by atoms with Crippen molar-refractivity contribution in [3.63, 3.8) is 0 Å². The third-order valence-corrected chi connectivity index (χ3v) is 2.63. The van der Waals surface area contributed by atoms with Crippen LogP contribution in [-0.4, -0.2) is 17.6 Å². The minimum absolute atomic E-state index is 0.0841. The first kappa shape index (κ1) is 15.5. The molecule has 0 aromatic heterocycles. The van der Waals surface area contributed by atoms with Crippen molar-refractivity contribution in [1.29, 1.82) is 0 Å². The van der Waals surface area contributed by atoms with E-state index in [2.05, 4.69) is 5.32 Å². The van der Waals surface area contributed by atoms with E-state index in [-0.39, 0.29) is 18.5 Å².